The molecular formula is C25H34O2Si. The lowest BCUT2D eigenvalue weighted by molar-refractivity contribution is 0.141. The van der Waals surface area contributed by atoms with Crippen LogP contribution < -0.4 is 10.4 Å². The van der Waals surface area contributed by atoms with Gasteiger partial charge in [-0.05, 0) is 28.3 Å². The van der Waals surface area contributed by atoms with Gasteiger partial charge < -0.3 is 9.53 Å². The number of aliphatic hydroxyl groups excluding tert-OH is 1. The molecule has 0 saturated heterocycles. The summed E-state index contributed by atoms with van der Waals surface area (Å²) in [7, 11) is -2.64. The second-order valence-corrected chi connectivity index (χ2v) is 12.3. The van der Waals surface area contributed by atoms with E-state index in [2.05, 4.69) is 94.5 Å². The predicted molar refractivity (Wildman–Crippen MR) is 123 cm³/mol. The van der Waals surface area contributed by atoms with Crippen LogP contribution in [-0.4, -0.2) is 26.1 Å². The maximum absolute atomic E-state index is 10.1. The van der Waals surface area contributed by atoms with Crippen molar-refractivity contribution in [2.75, 3.05) is 6.61 Å². The third kappa shape index (κ3) is 5.31. The second kappa shape index (κ2) is 10.6. The van der Waals surface area contributed by atoms with Gasteiger partial charge in [-0.1, -0.05) is 113 Å². The van der Waals surface area contributed by atoms with E-state index in [1.165, 1.54) is 10.4 Å². The summed E-state index contributed by atoms with van der Waals surface area (Å²) >= 11 is 0. The van der Waals surface area contributed by atoms with Gasteiger partial charge in [0.05, 0.1) is 12.7 Å². The maximum Gasteiger partial charge on any atom is 0.261 e. The first kappa shape index (κ1) is 22.3. The summed E-state index contributed by atoms with van der Waals surface area (Å²) < 4.78 is 6.91. The molecule has 0 heterocycles. The lowest BCUT2D eigenvalue weighted by atomic mass is 10.2. The number of hydrogen-bond acceptors (Lipinski definition) is 2. The number of aliphatic hydroxyl groups is 1. The van der Waals surface area contributed by atoms with E-state index in [1.807, 2.05) is 18.2 Å². The summed E-state index contributed by atoms with van der Waals surface area (Å²) in [4.78, 5) is 0. The number of benzene rings is 2. The lowest BCUT2D eigenvalue weighted by Crippen LogP contribution is -2.67. The molecule has 3 heteroatoms. The molecule has 0 unspecified atom stereocenters. The first-order valence-corrected chi connectivity index (χ1v) is 12.1. The topological polar surface area (TPSA) is 29.5 Å². The van der Waals surface area contributed by atoms with Crippen LogP contribution in [0, 0.1) is 0 Å². The van der Waals surface area contributed by atoms with Crippen LogP contribution in [0.15, 0.2) is 85.0 Å². The van der Waals surface area contributed by atoms with Gasteiger partial charge in [-0.25, -0.2) is 0 Å². The van der Waals surface area contributed by atoms with Gasteiger partial charge in [-0.2, -0.15) is 0 Å². The first-order chi connectivity index (χ1) is 13.5. The Morgan fingerprint density at radius 1 is 0.893 bits per heavy atom. The van der Waals surface area contributed by atoms with Crippen LogP contribution in [0.2, 0.25) is 5.04 Å². The second-order valence-electron chi connectivity index (χ2n) is 8.05. The van der Waals surface area contributed by atoms with Crippen LogP contribution >= 0.6 is 0 Å². The molecule has 28 heavy (non-hydrogen) atoms. The van der Waals surface area contributed by atoms with E-state index in [0.717, 1.165) is 12.8 Å². The SMILES string of the molecule is CC/C=C\C/C=C\[C@@H](CO)O[Si](c1ccccc1)(c1ccccc1)C(C)(C)C. The average Bonchev–Trinajstić information content (AvgIpc) is 2.70. The smallest absolute Gasteiger partial charge is 0.261 e. The minimum atomic E-state index is -2.64. The van der Waals surface area contributed by atoms with E-state index in [-0.39, 0.29) is 17.7 Å². The fourth-order valence-electron chi connectivity index (χ4n) is 3.63. The Kier molecular flexibility index (Phi) is 8.43. The molecule has 0 bridgehead atoms. The first-order valence-electron chi connectivity index (χ1n) is 10.2. The van der Waals surface area contributed by atoms with E-state index in [1.54, 1.807) is 0 Å². The standard InChI is InChI=1S/C25H34O2Si/c1-5-6-7-8-11-16-22(21-26)27-28(25(2,3)4,23-17-12-9-13-18-23)24-19-14-10-15-20-24/h6-7,9-20,22,26H,5,8,21H2,1-4H3/b7-6-,16-11-/t22-/m0/s1. The highest BCUT2D eigenvalue weighted by Crippen LogP contribution is 2.37. The van der Waals surface area contributed by atoms with Crippen LogP contribution in [0.25, 0.3) is 0 Å². The maximum atomic E-state index is 10.1. The van der Waals surface area contributed by atoms with Crippen molar-refractivity contribution >= 4 is 18.7 Å². The summed E-state index contributed by atoms with van der Waals surface area (Å²) in [6.07, 6.45) is 9.96. The molecule has 0 aromatic heterocycles. The molecule has 0 spiro atoms. The molecule has 1 N–H and O–H groups in total. The lowest BCUT2D eigenvalue weighted by Gasteiger charge is -2.44. The molecule has 0 aliphatic carbocycles. The van der Waals surface area contributed by atoms with E-state index in [9.17, 15) is 5.11 Å². The fraction of sp³-hybridized carbons (Fsp3) is 0.360. The van der Waals surface area contributed by atoms with Crippen LogP contribution in [-0.2, 0) is 4.43 Å². The molecule has 150 valence electrons. The van der Waals surface area contributed by atoms with E-state index in [0.29, 0.717) is 0 Å². The molecular weight excluding hydrogens is 360 g/mol. The van der Waals surface area contributed by atoms with Crippen molar-refractivity contribution < 1.29 is 9.53 Å². The van der Waals surface area contributed by atoms with Crippen molar-refractivity contribution in [3.63, 3.8) is 0 Å². The number of hydrogen-bond donors (Lipinski definition) is 1. The van der Waals surface area contributed by atoms with Crippen LogP contribution in [0.5, 0.6) is 0 Å². The van der Waals surface area contributed by atoms with Gasteiger partial charge in [-0.15, -0.1) is 0 Å². The Labute approximate surface area is 171 Å². The monoisotopic (exact) mass is 394 g/mol. The van der Waals surface area contributed by atoms with Gasteiger partial charge >= 0.3 is 0 Å². The van der Waals surface area contributed by atoms with Crippen molar-refractivity contribution in [2.45, 2.75) is 51.7 Å². The van der Waals surface area contributed by atoms with Crippen LogP contribution in [0.3, 0.4) is 0 Å². The highest BCUT2D eigenvalue weighted by Gasteiger charge is 2.51. The third-order valence-corrected chi connectivity index (χ3v) is 10.0. The third-order valence-electron chi connectivity index (χ3n) is 4.95. The van der Waals surface area contributed by atoms with Crippen molar-refractivity contribution in [3.8, 4) is 0 Å². The van der Waals surface area contributed by atoms with Crippen molar-refractivity contribution in [2.24, 2.45) is 0 Å². The Bertz CT molecular complexity index is 706. The Morgan fingerprint density at radius 2 is 1.43 bits per heavy atom. The summed E-state index contributed by atoms with van der Waals surface area (Å²) in [5, 5.41) is 12.4. The number of allylic oxidation sites excluding steroid dienone is 3. The molecule has 0 amide bonds. The normalized spacial score (nSPS) is 14.0. The van der Waals surface area contributed by atoms with Crippen molar-refractivity contribution in [1.29, 1.82) is 0 Å². The summed E-state index contributed by atoms with van der Waals surface area (Å²) in [5.41, 5.74) is 0. The van der Waals surface area contributed by atoms with Gasteiger partial charge in [0.2, 0.25) is 0 Å². The number of rotatable bonds is 9. The zero-order chi connectivity index (χ0) is 20.5. The Balaban J connectivity index is 2.50. The highest BCUT2D eigenvalue weighted by molar-refractivity contribution is 6.99. The van der Waals surface area contributed by atoms with Gasteiger partial charge in [-0.3, -0.25) is 0 Å². The van der Waals surface area contributed by atoms with Crippen molar-refractivity contribution in [1.82, 2.24) is 0 Å². The molecule has 2 aromatic rings. The van der Waals surface area contributed by atoms with E-state index in [4.69, 9.17) is 4.43 Å². The zero-order valence-electron chi connectivity index (χ0n) is 17.6. The quantitative estimate of drug-likeness (QED) is 0.487. The molecule has 0 fully saturated rings. The molecule has 2 rings (SSSR count). The van der Waals surface area contributed by atoms with Crippen molar-refractivity contribution in [3.05, 3.63) is 85.0 Å². The minimum absolute atomic E-state index is 0.0293. The molecule has 0 aliphatic rings. The van der Waals surface area contributed by atoms with E-state index >= 15 is 0 Å². The summed E-state index contributed by atoms with van der Waals surface area (Å²) in [5.74, 6) is 0. The molecule has 0 radical (unpaired) electrons. The summed E-state index contributed by atoms with van der Waals surface area (Å²) in [6.45, 7) is 8.85. The Hall–Kier alpha value is -1.94. The minimum Gasteiger partial charge on any atom is -0.399 e. The molecule has 2 aromatic carbocycles. The van der Waals surface area contributed by atoms with Gasteiger partial charge in [0.15, 0.2) is 0 Å². The molecule has 0 saturated carbocycles. The molecule has 1 atom stereocenters. The molecule has 0 aliphatic heterocycles. The summed E-state index contributed by atoms with van der Waals surface area (Å²) in [6, 6.07) is 21.1. The molecule has 2 nitrogen and oxygen atoms in total. The average molecular weight is 395 g/mol. The fourth-order valence-corrected chi connectivity index (χ4v) is 8.25. The van der Waals surface area contributed by atoms with Crippen LogP contribution in [0.1, 0.15) is 40.5 Å². The Morgan fingerprint density at radius 3 is 1.86 bits per heavy atom. The van der Waals surface area contributed by atoms with Gasteiger partial charge in [0.1, 0.15) is 0 Å². The van der Waals surface area contributed by atoms with E-state index < -0.39 is 8.32 Å². The predicted octanol–water partition coefficient (Wildman–Crippen LogP) is 4.84. The highest BCUT2D eigenvalue weighted by atomic mass is 28.4. The largest absolute Gasteiger partial charge is 0.399 e. The van der Waals surface area contributed by atoms with Gasteiger partial charge in [0.25, 0.3) is 8.32 Å². The van der Waals surface area contributed by atoms with Gasteiger partial charge in [0, 0.05) is 0 Å². The van der Waals surface area contributed by atoms with Crippen LogP contribution in [0.4, 0.5) is 0 Å². The zero-order valence-corrected chi connectivity index (χ0v) is 18.6.